The highest BCUT2D eigenvalue weighted by Crippen LogP contribution is 2.34. The van der Waals surface area contributed by atoms with Gasteiger partial charge in [-0.2, -0.15) is 0 Å². The third-order valence-electron chi connectivity index (χ3n) is 5.14. The number of hydrogen-bond donors (Lipinski definition) is 0. The fourth-order valence-corrected chi connectivity index (χ4v) is 3.80. The van der Waals surface area contributed by atoms with E-state index in [1.807, 2.05) is 47.6 Å². The lowest BCUT2D eigenvalue weighted by Crippen LogP contribution is -2.12. The van der Waals surface area contributed by atoms with Crippen LogP contribution in [0.25, 0.3) is 17.0 Å². The number of benzene rings is 1. The number of allylic oxidation sites excluding steroid dienone is 3. The van der Waals surface area contributed by atoms with E-state index in [-0.39, 0.29) is 11.7 Å². The predicted molar refractivity (Wildman–Crippen MR) is 118 cm³/mol. The van der Waals surface area contributed by atoms with E-state index in [0.29, 0.717) is 29.9 Å². The Morgan fingerprint density at radius 1 is 1.14 bits per heavy atom. The minimum atomic E-state index is -0.397. The van der Waals surface area contributed by atoms with Gasteiger partial charge in [0.05, 0.1) is 5.56 Å². The maximum Gasteiger partial charge on any atom is 0.336 e. The van der Waals surface area contributed by atoms with Crippen molar-refractivity contribution in [1.29, 1.82) is 0 Å². The molecule has 0 bridgehead atoms. The number of rotatable bonds is 7. The zero-order valence-corrected chi connectivity index (χ0v) is 18.2. The van der Waals surface area contributed by atoms with Gasteiger partial charge in [-0.1, -0.05) is 52.0 Å². The molecule has 0 amide bonds. The van der Waals surface area contributed by atoms with Gasteiger partial charge >= 0.3 is 5.63 Å². The summed E-state index contributed by atoms with van der Waals surface area (Å²) in [5.41, 5.74) is 4.52. The lowest BCUT2D eigenvalue weighted by molar-refractivity contribution is 0.0968. The molecule has 1 unspecified atom stereocenters. The fraction of sp³-hybridized carbons (Fsp3) is 0.440. The molecule has 2 aromatic rings. The summed E-state index contributed by atoms with van der Waals surface area (Å²) in [5.74, 6) is 0.566. The van der Waals surface area contributed by atoms with Crippen LogP contribution in [0, 0.1) is 25.7 Å². The first-order valence-corrected chi connectivity index (χ1v) is 10.1. The second-order valence-electron chi connectivity index (χ2n) is 7.95. The molecule has 0 N–H and O–H groups in total. The maximum absolute atomic E-state index is 13.1. The highest BCUT2D eigenvalue weighted by Gasteiger charge is 2.23. The SMILES string of the molecule is C/C=C/C(C)/C=C\c1c(C)c(C(=O)CC(C)C)c2oc(=O)cc(CC)c2c1C. The summed E-state index contributed by atoms with van der Waals surface area (Å²) in [5, 5.41) is 0.901. The molecule has 28 heavy (non-hydrogen) atoms. The molecule has 0 saturated carbocycles. The average molecular weight is 381 g/mol. The number of aryl methyl sites for hydroxylation is 2. The minimum Gasteiger partial charge on any atom is -0.422 e. The number of fused-ring (bicyclic) bond motifs is 1. The second kappa shape index (κ2) is 9.18. The van der Waals surface area contributed by atoms with Gasteiger partial charge in [-0.05, 0) is 61.3 Å². The van der Waals surface area contributed by atoms with E-state index < -0.39 is 5.63 Å². The molecule has 0 radical (unpaired) electrons. The van der Waals surface area contributed by atoms with Crippen molar-refractivity contribution in [3.05, 3.63) is 62.5 Å². The van der Waals surface area contributed by atoms with Crippen molar-refractivity contribution < 1.29 is 9.21 Å². The van der Waals surface area contributed by atoms with Gasteiger partial charge in [0.1, 0.15) is 5.58 Å². The molecule has 1 atom stereocenters. The van der Waals surface area contributed by atoms with Crippen LogP contribution >= 0.6 is 0 Å². The number of carbonyl (C=O) groups excluding carboxylic acids is 1. The lowest BCUT2D eigenvalue weighted by Gasteiger charge is -2.18. The third-order valence-corrected chi connectivity index (χ3v) is 5.14. The normalized spacial score (nSPS) is 13.3. The first-order chi connectivity index (χ1) is 13.2. The second-order valence-corrected chi connectivity index (χ2v) is 7.95. The summed E-state index contributed by atoms with van der Waals surface area (Å²) < 4.78 is 5.61. The molecular formula is C25H32O3. The zero-order valence-electron chi connectivity index (χ0n) is 18.2. The Morgan fingerprint density at radius 2 is 1.82 bits per heavy atom. The van der Waals surface area contributed by atoms with Crippen LogP contribution in [0.4, 0.5) is 0 Å². The Balaban J connectivity index is 2.89. The predicted octanol–water partition coefficient (Wildman–Crippen LogP) is 6.43. The molecule has 2 rings (SSSR count). The molecule has 0 spiro atoms. The van der Waals surface area contributed by atoms with Gasteiger partial charge < -0.3 is 4.42 Å². The van der Waals surface area contributed by atoms with Gasteiger partial charge in [0, 0.05) is 17.9 Å². The molecule has 0 aliphatic heterocycles. The van der Waals surface area contributed by atoms with Crippen molar-refractivity contribution in [2.75, 3.05) is 0 Å². The van der Waals surface area contributed by atoms with Crippen molar-refractivity contribution in [2.45, 2.75) is 61.3 Å². The van der Waals surface area contributed by atoms with Crippen LogP contribution in [0.5, 0.6) is 0 Å². The van der Waals surface area contributed by atoms with E-state index in [2.05, 4.69) is 25.2 Å². The molecule has 3 heteroatoms. The first-order valence-electron chi connectivity index (χ1n) is 10.1. The Hall–Kier alpha value is -2.42. The number of carbonyl (C=O) groups is 1. The molecule has 150 valence electrons. The minimum absolute atomic E-state index is 0.0325. The zero-order chi connectivity index (χ0) is 21.0. The molecular weight excluding hydrogens is 348 g/mol. The molecule has 1 aromatic carbocycles. The Bertz CT molecular complexity index is 987. The Morgan fingerprint density at radius 3 is 2.39 bits per heavy atom. The Kier molecular flexibility index (Phi) is 7.17. The van der Waals surface area contributed by atoms with Crippen molar-refractivity contribution in [3.63, 3.8) is 0 Å². The molecule has 1 heterocycles. The van der Waals surface area contributed by atoms with Crippen LogP contribution < -0.4 is 5.63 Å². The van der Waals surface area contributed by atoms with E-state index in [1.54, 1.807) is 6.07 Å². The topological polar surface area (TPSA) is 47.3 Å². The van der Waals surface area contributed by atoms with Crippen molar-refractivity contribution >= 4 is 22.8 Å². The lowest BCUT2D eigenvalue weighted by atomic mass is 9.87. The largest absolute Gasteiger partial charge is 0.422 e. The van der Waals surface area contributed by atoms with Crippen LogP contribution in [-0.4, -0.2) is 5.78 Å². The monoisotopic (exact) mass is 380 g/mol. The van der Waals surface area contributed by atoms with Gasteiger partial charge in [0.25, 0.3) is 0 Å². The van der Waals surface area contributed by atoms with Gasteiger partial charge in [-0.3, -0.25) is 4.79 Å². The van der Waals surface area contributed by atoms with E-state index in [1.165, 1.54) is 0 Å². The van der Waals surface area contributed by atoms with Gasteiger partial charge in [0.15, 0.2) is 5.78 Å². The van der Waals surface area contributed by atoms with Crippen LogP contribution in [0.1, 0.15) is 73.7 Å². The molecule has 0 aliphatic carbocycles. The number of hydrogen-bond acceptors (Lipinski definition) is 3. The summed E-state index contributed by atoms with van der Waals surface area (Å²) >= 11 is 0. The highest BCUT2D eigenvalue weighted by atomic mass is 16.4. The van der Waals surface area contributed by atoms with Crippen LogP contribution in [-0.2, 0) is 6.42 Å². The quantitative estimate of drug-likeness (QED) is 0.316. The van der Waals surface area contributed by atoms with Crippen molar-refractivity contribution in [3.8, 4) is 0 Å². The maximum atomic E-state index is 13.1. The summed E-state index contributed by atoms with van der Waals surface area (Å²) in [6.07, 6.45) is 9.55. The van der Waals surface area contributed by atoms with E-state index in [9.17, 15) is 9.59 Å². The average Bonchev–Trinajstić information content (AvgIpc) is 2.60. The van der Waals surface area contributed by atoms with Gasteiger partial charge in [-0.15, -0.1) is 0 Å². The van der Waals surface area contributed by atoms with Crippen molar-refractivity contribution in [2.24, 2.45) is 11.8 Å². The molecule has 0 saturated heterocycles. The summed E-state index contributed by atoms with van der Waals surface area (Å²) in [7, 11) is 0. The number of ketones is 1. The van der Waals surface area contributed by atoms with E-state index in [4.69, 9.17) is 4.42 Å². The van der Waals surface area contributed by atoms with E-state index in [0.717, 1.165) is 27.6 Å². The molecule has 0 aliphatic rings. The first kappa shape index (κ1) is 21.9. The highest BCUT2D eigenvalue weighted by molar-refractivity contribution is 6.10. The molecule has 0 fully saturated rings. The fourth-order valence-electron chi connectivity index (χ4n) is 3.80. The smallest absolute Gasteiger partial charge is 0.336 e. The van der Waals surface area contributed by atoms with Crippen LogP contribution in [0.3, 0.4) is 0 Å². The molecule has 3 nitrogen and oxygen atoms in total. The van der Waals surface area contributed by atoms with E-state index >= 15 is 0 Å². The standard InChI is InChI=1S/C25H32O3/c1-8-10-16(5)11-12-20-17(6)23-19(9-2)14-22(27)28-25(23)24(18(20)7)21(26)13-15(3)4/h8,10-12,14-16H,9,13H2,1-7H3/b10-8+,12-11-. The van der Waals surface area contributed by atoms with Gasteiger partial charge in [0.2, 0.25) is 0 Å². The van der Waals surface area contributed by atoms with Gasteiger partial charge in [-0.25, -0.2) is 4.79 Å². The summed E-state index contributed by atoms with van der Waals surface area (Å²) in [4.78, 5) is 25.3. The Labute approximate surface area is 168 Å². The summed E-state index contributed by atoms with van der Waals surface area (Å²) in [6, 6.07) is 1.55. The molecule has 1 aromatic heterocycles. The summed E-state index contributed by atoms with van der Waals surface area (Å²) in [6.45, 7) is 14.2. The van der Waals surface area contributed by atoms with Crippen LogP contribution in [0.15, 0.2) is 33.5 Å². The number of Topliss-reactive ketones (excluding diaryl/α,β-unsaturated/α-hetero) is 1. The van der Waals surface area contributed by atoms with Crippen molar-refractivity contribution in [1.82, 2.24) is 0 Å². The third kappa shape index (κ3) is 4.52. The van der Waals surface area contributed by atoms with Crippen LogP contribution in [0.2, 0.25) is 0 Å².